The van der Waals surface area contributed by atoms with Crippen LogP contribution in [0.2, 0.25) is 54.4 Å². The van der Waals surface area contributed by atoms with E-state index in [4.69, 9.17) is 22.8 Å². The average molecular weight is 551 g/mol. The molecule has 0 N–H and O–H groups in total. The normalized spacial score (nSPS) is 24.5. The van der Waals surface area contributed by atoms with Gasteiger partial charge in [0.2, 0.25) is 0 Å². The van der Waals surface area contributed by atoms with Gasteiger partial charge >= 0.3 is 18.9 Å². The van der Waals surface area contributed by atoms with Crippen molar-refractivity contribution in [3.63, 3.8) is 0 Å². The van der Waals surface area contributed by atoms with E-state index in [1.807, 2.05) is 0 Å². The molecule has 0 bridgehead atoms. The predicted octanol–water partition coefficient (Wildman–Crippen LogP) is 5.03. The Hall–Kier alpha value is 0.408. The van der Waals surface area contributed by atoms with E-state index in [1.165, 1.54) is 0 Å². The molecular formula is C27H55LiO5Si3. The van der Waals surface area contributed by atoms with E-state index in [1.54, 1.807) is 0 Å². The molecule has 1 heterocycles. The summed E-state index contributed by atoms with van der Waals surface area (Å²) < 4.78 is 33.0. The third-order valence-corrected chi connectivity index (χ3v) is 22.1. The Morgan fingerprint density at radius 3 is 1.67 bits per heavy atom. The summed E-state index contributed by atoms with van der Waals surface area (Å²) in [5, 5.41) is 0.235. The van der Waals surface area contributed by atoms with Crippen molar-refractivity contribution in [2.45, 2.75) is 148 Å². The number of rotatable bonds is 9. The summed E-state index contributed by atoms with van der Waals surface area (Å²) in [6, 6.07) is 0. The fourth-order valence-corrected chi connectivity index (χ4v) is 6.75. The van der Waals surface area contributed by atoms with E-state index in [0.717, 1.165) is 0 Å². The number of hydrogen-bond donors (Lipinski definition) is 0. The van der Waals surface area contributed by atoms with Gasteiger partial charge in [-0.05, 0) is 60.7 Å². The zero-order valence-electron chi connectivity index (χ0n) is 26.5. The van der Waals surface area contributed by atoms with E-state index in [9.17, 15) is 0 Å². The minimum atomic E-state index is -2.12. The van der Waals surface area contributed by atoms with Crippen LogP contribution in [-0.4, -0.2) is 56.2 Å². The molecule has 1 rings (SSSR count). The molecule has 206 valence electrons. The summed E-state index contributed by atoms with van der Waals surface area (Å²) >= 11 is 0. The van der Waals surface area contributed by atoms with Gasteiger partial charge in [0.15, 0.2) is 31.2 Å². The maximum absolute atomic E-state index is 7.07. The van der Waals surface area contributed by atoms with E-state index in [-0.39, 0.29) is 52.3 Å². The zero-order chi connectivity index (χ0) is 27.7. The van der Waals surface area contributed by atoms with Crippen LogP contribution in [-0.2, 0) is 22.8 Å². The molecule has 0 radical (unpaired) electrons. The Balaban J connectivity index is 0.0000122. The predicted molar refractivity (Wildman–Crippen MR) is 154 cm³/mol. The molecule has 1 aliphatic rings. The van der Waals surface area contributed by atoms with E-state index in [0.29, 0.717) is 13.0 Å². The maximum atomic E-state index is 7.07. The average Bonchev–Trinajstić information content (AvgIpc) is 2.63. The van der Waals surface area contributed by atoms with Gasteiger partial charge in [0.1, 0.15) is 6.10 Å². The monoisotopic (exact) mass is 550 g/mol. The number of hydrogen-bond acceptors (Lipinski definition) is 5. The third-order valence-electron chi connectivity index (χ3n) is 8.65. The van der Waals surface area contributed by atoms with Crippen LogP contribution in [0.1, 0.15) is 68.7 Å². The van der Waals surface area contributed by atoms with Gasteiger partial charge in [-0.15, -0.1) is 0 Å². The zero-order valence-corrected chi connectivity index (χ0v) is 29.5. The Kier molecular flexibility index (Phi) is 12.9. The molecule has 0 aromatic rings. The van der Waals surface area contributed by atoms with Gasteiger partial charge in [-0.25, -0.2) is 6.58 Å². The summed E-state index contributed by atoms with van der Waals surface area (Å²) in [4.78, 5) is 0. The molecule has 0 saturated carbocycles. The molecule has 0 aromatic heterocycles. The van der Waals surface area contributed by atoms with E-state index in [2.05, 4.69) is 120 Å². The molecule has 0 spiro atoms. The van der Waals surface area contributed by atoms with Crippen molar-refractivity contribution in [3.8, 4) is 0 Å². The molecule has 0 unspecified atom stereocenters. The van der Waals surface area contributed by atoms with E-state index >= 15 is 0 Å². The summed E-state index contributed by atoms with van der Waals surface area (Å²) in [7, 11) is -6.21. The van der Waals surface area contributed by atoms with Crippen molar-refractivity contribution in [3.05, 3.63) is 18.6 Å². The van der Waals surface area contributed by atoms with E-state index < -0.39 is 31.2 Å². The molecule has 0 amide bonds. The first kappa shape index (κ1) is 36.4. The van der Waals surface area contributed by atoms with Crippen LogP contribution < -0.4 is 18.9 Å². The largest absolute Gasteiger partial charge is 1.00 e. The Morgan fingerprint density at radius 2 is 1.25 bits per heavy atom. The SMILES string of the molecule is C=C=[C-]O[C@@H]1C[C@@H](O[Si](C)(C)C(C)(C)C)[C@H](O[Si](C)(C)C(C)(C)C)[C@@H](CO[Si](C)(C)C(C)(C)C)O1.[Li+]. The topological polar surface area (TPSA) is 46.2 Å². The summed E-state index contributed by atoms with van der Waals surface area (Å²) in [5.41, 5.74) is 2.58. The van der Waals surface area contributed by atoms with Crippen LogP contribution in [0.25, 0.3) is 0 Å². The molecule has 36 heavy (non-hydrogen) atoms. The van der Waals surface area contributed by atoms with Crippen molar-refractivity contribution in [2.24, 2.45) is 0 Å². The van der Waals surface area contributed by atoms with Crippen molar-refractivity contribution >= 4 is 25.0 Å². The molecule has 5 nitrogen and oxygen atoms in total. The Labute approximate surface area is 238 Å². The minimum Gasteiger partial charge on any atom is -0.562 e. The van der Waals surface area contributed by atoms with Gasteiger partial charge in [-0.2, -0.15) is 0 Å². The Morgan fingerprint density at radius 1 is 0.806 bits per heavy atom. The summed E-state index contributed by atoms with van der Waals surface area (Å²) in [5.74, 6) is 0. The third kappa shape index (κ3) is 9.55. The van der Waals surface area contributed by atoms with Gasteiger partial charge < -0.3 is 22.8 Å². The molecule has 0 aliphatic carbocycles. The van der Waals surface area contributed by atoms with Crippen LogP contribution >= 0.6 is 0 Å². The van der Waals surface area contributed by atoms with Crippen molar-refractivity contribution < 1.29 is 41.6 Å². The fourth-order valence-electron chi connectivity index (χ4n) is 3.05. The van der Waals surface area contributed by atoms with Crippen LogP contribution in [0.4, 0.5) is 0 Å². The Bertz CT molecular complexity index is 744. The van der Waals surface area contributed by atoms with Crippen LogP contribution in [0.5, 0.6) is 0 Å². The molecule has 1 fully saturated rings. The van der Waals surface area contributed by atoms with Gasteiger partial charge in [0.05, 0.1) is 18.8 Å². The van der Waals surface area contributed by atoms with Gasteiger partial charge in [0.25, 0.3) is 0 Å². The first-order valence-electron chi connectivity index (χ1n) is 13.0. The van der Waals surface area contributed by atoms with Gasteiger partial charge in [0, 0.05) is 6.42 Å². The second kappa shape index (κ2) is 12.7. The minimum absolute atomic E-state index is 0. The first-order chi connectivity index (χ1) is 15.5. The quantitative estimate of drug-likeness (QED) is 0.174. The van der Waals surface area contributed by atoms with Gasteiger partial charge in [-0.1, -0.05) is 62.3 Å². The van der Waals surface area contributed by atoms with Crippen molar-refractivity contribution in [1.82, 2.24) is 0 Å². The summed E-state index contributed by atoms with van der Waals surface area (Å²) in [6.45, 7) is 38.1. The molecule has 9 heteroatoms. The second-order valence-electron chi connectivity index (χ2n) is 14.6. The van der Waals surface area contributed by atoms with Crippen molar-refractivity contribution in [2.75, 3.05) is 6.61 Å². The van der Waals surface area contributed by atoms with Gasteiger partial charge in [-0.3, -0.25) is 5.73 Å². The number of ether oxygens (including phenoxy) is 2. The molecule has 0 aromatic carbocycles. The molecule has 1 aliphatic heterocycles. The van der Waals surface area contributed by atoms with Crippen molar-refractivity contribution in [1.29, 1.82) is 0 Å². The molecular weight excluding hydrogens is 495 g/mol. The van der Waals surface area contributed by atoms with Crippen LogP contribution in [0, 0.1) is 6.26 Å². The smallest absolute Gasteiger partial charge is 0.562 e. The summed E-state index contributed by atoms with van der Waals surface area (Å²) in [6.07, 6.45) is 2.00. The molecule has 4 atom stereocenters. The van der Waals surface area contributed by atoms with Crippen LogP contribution in [0.15, 0.2) is 12.3 Å². The maximum Gasteiger partial charge on any atom is 1.00 e. The molecule has 1 saturated heterocycles. The van der Waals surface area contributed by atoms with Crippen LogP contribution in [0.3, 0.4) is 0 Å². The fraction of sp³-hybridized carbons (Fsp3) is 0.889. The first-order valence-corrected chi connectivity index (χ1v) is 21.8. The second-order valence-corrected chi connectivity index (χ2v) is 28.9. The standard InChI is InChI=1S/C27H55O5Si3.Li/c1-17-18-28-23-19-21(31-34(13,14)26(5,6)7)24(32-35(15,16)27(8,9)10)22(30-23)20-29-33(11,12)25(2,3)4;/h21-24H,1,19-20H2,2-16H3;/q-1;+1/t21-,22-,23+,24+;/m1./s1.